The molecule has 1 rings (SSSR count). The van der Waals surface area contributed by atoms with E-state index in [2.05, 4.69) is 29.8 Å². The van der Waals surface area contributed by atoms with Gasteiger partial charge in [0.1, 0.15) is 5.82 Å². The standard InChI is InChI=1S/C13H20N4/c1-10(2)9-17(8-4-7-14)13-6-5-12(15)11(3)16-13/h5-6,10H,4,8-9,15H2,1-3H3. The lowest BCUT2D eigenvalue weighted by molar-refractivity contribution is 0.607. The van der Waals surface area contributed by atoms with E-state index in [1.54, 1.807) is 0 Å². The van der Waals surface area contributed by atoms with E-state index in [0.717, 1.165) is 18.1 Å². The first-order chi connectivity index (χ1) is 8.04. The SMILES string of the molecule is Cc1nc(N(CCC#N)CC(C)C)ccc1N. The van der Waals surface area contributed by atoms with E-state index in [1.807, 2.05) is 19.1 Å². The molecule has 2 N–H and O–H groups in total. The van der Waals surface area contributed by atoms with Gasteiger partial charge in [-0.1, -0.05) is 13.8 Å². The van der Waals surface area contributed by atoms with Crippen molar-refractivity contribution in [2.24, 2.45) is 5.92 Å². The van der Waals surface area contributed by atoms with Crippen LogP contribution in [0.4, 0.5) is 11.5 Å². The lowest BCUT2D eigenvalue weighted by Gasteiger charge is -2.25. The summed E-state index contributed by atoms with van der Waals surface area (Å²) in [5.74, 6) is 1.44. The molecule has 0 spiro atoms. The summed E-state index contributed by atoms with van der Waals surface area (Å²) in [4.78, 5) is 6.61. The molecule has 4 heteroatoms. The highest BCUT2D eigenvalue weighted by molar-refractivity contribution is 5.50. The summed E-state index contributed by atoms with van der Waals surface area (Å²) >= 11 is 0. The molecular formula is C13H20N4. The maximum atomic E-state index is 8.68. The van der Waals surface area contributed by atoms with Crippen molar-refractivity contribution in [3.63, 3.8) is 0 Å². The third kappa shape index (κ3) is 3.95. The second-order valence-electron chi connectivity index (χ2n) is 4.59. The molecule has 0 fully saturated rings. The molecule has 1 heterocycles. The summed E-state index contributed by atoms with van der Waals surface area (Å²) in [7, 11) is 0. The van der Waals surface area contributed by atoms with E-state index in [4.69, 9.17) is 11.0 Å². The van der Waals surface area contributed by atoms with Crippen molar-refractivity contribution >= 4 is 11.5 Å². The number of nitrogen functional groups attached to an aromatic ring is 1. The summed E-state index contributed by atoms with van der Waals surface area (Å²) in [6.07, 6.45) is 0.512. The van der Waals surface area contributed by atoms with E-state index in [9.17, 15) is 0 Å². The highest BCUT2D eigenvalue weighted by Crippen LogP contribution is 2.17. The van der Waals surface area contributed by atoms with Crippen LogP contribution in [0, 0.1) is 24.2 Å². The third-order valence-electron chi connectivity index (χ3n) is 2.52. The fourth-order valence-corrected chi connectivity index (χ4v) is 1.66. The van der Waals surface area contributed by atoms with Crippen molar-refractivity contribution in [1.29, 1.82) is 5.26 Å². The lowest BCUT2D eigenvalue weighted by atomic mass is 10.2. The number of aryl methyl sites for hydroxylation is 1. The van der Waals surface area contributed by atoms with Gasteiger partial charge in [0.25, 0.3) is 0 Å². The van der Waals surface area contributed by atoms with Gasteiger partial charge in [-0.3, -0.25) is 0 Å². The number of hydrogen-bond acceptors (Lipinski definition) is 4. The molecule has 0 amide bonds. The van der Waals surface area contributed by atoms with Gasteiger partial charge in [0.2, 0.25) is 0 Å². The number of anilines is 2. The van der Waals surface area contributed by atoms with Gasteiger partial charge in [0.15, 0.2) is 0 Å². The van der Waals surface area contributed by atoms with Crippen LogP contribution in [0.25, 0.3) is 0 Å². The van der Waals surface area contributed by atoms with Crippen molar-refractivity contribution in [2.45, 2.75) is 27.2 Å². The Morgan fingerprint density at radius 3 is 2.71 bits per heavy atom. The molecule has 0 radical (unpaired) electrons. The lowest BCUT2D eigenvalue weighted by Crippen LogP contribution is -2.29. The molecule has 1 aromatic heterocycles. The Balaban J connectivity index is 2.87. The van der Waals surface area contributed by atoms with Gasteiger partial charge in [0, 0.05) is 13.1 Å². The molecule has 1 aromatic rings. The number of aromatic nitrogens is 1. The fourth-order valence-electron chi connectivity index (χ4n) is 1.66. The van der Waals surface area contributed by atoms with Gasteiger partial charge in [-0.15, -0.1) is 0 Å². The molecule has 0 aromatic carbocycles. The Bertz CT molecular complexity index is 406. The van der Waals surface area contributed by atoms with Gasteiger partial charge >= 0.3 is 0 Å². The first kappa shape index (κ1) is 13.3. The second-order valence-corrected chi connectivity index (χ2v) is 4.59. The molecule has 92 valence electrons. The van der Waals surface area contributed by atoms with Gasteiger partial charge < -0.3 is 10.6 Å². The molecule has 0 aliphatic rings. The molecule has 4 nitrogen and oxygen atoms in total. The van der Waals surface area contributed by atoms with Crippen LogP contribution in [-0.4, -0.2) is 18.1 Å². The number of rotatable bonds is 5. The van der Waals surface area contributed by atoms with E-state index >= 15 is 0 Å². The van der Waals surface area contributed by atoms with Crippen LogP contribution in [0.3, 0.4) is 0 Å². The fraction of sp³-hybridized carbons (Fsp3) is 0.538. The zero-order chi connectivity index (χ0) is 12.8. The number of nitriles is 1. The van der Waals surface area contributed by atoms with Crippen LogP contribution in [0.1, 0.15) is 26.0 Å². The van der Waals surface area contributed by atoms with E-state index in [-0.39, 0.29) is 0 Å². The summed E-state index contributed by atoms with van der Waals surface area (Å²) in [6, 6.07) is 5.96. The Labute approximate surface area is 103 Å². The summed E-state index contributed by atoms with van der Waals surface area (Å²) in [6.45, 7) is 7.83. The normalized spacial score (nSPS) is 10.3. The molecule has 0 unspecified atom stereocenters. The van der Waals surface area contributed by atoms with Gasteiger partial charge in [-0.05, 0) is 25.0 Å². The molecule has 0 aliphatic heterocycles. The number of pyridine rings is 1. The van der Waals surface area contributed by atoms with Crippen molar-refractivity contribution in [3.05, 3.63) is 17.8 Å². The van der Waals surface area contributed by atoms with Crippen LogP contribution in [0.2, 0.25) is 0 Å². The van der Waals surface area contributed by atoms with E-state index < -0.39 is 0 Å². The van der Waals surface area contributed by atoms with Crippen molar-refractivity contribution in [1.82, 2.24) is 4.98 Å². The van der Waals surface area contributed by atoms with Crippen LogP contribution >= 0.6 is 0 Å². The summed E-state index contributed by atoms with van der Waals surface area (Å²) in [5.41, 5.74) is 7.30. The number of nitrogens with zero attached hydrogens (tertiary/aromatic N) is 3. The van der Waals surface area contributed by atoms with E-state index in [1.165, 1.54) is 0 Å². The zero-order valence-corrected chi connectivity index (χ0v) is 10.8. The summed E-state index contributed by atoms with van der Waals surface area (Å²) in [5, 5.41) is 8.68. The average Bonchev–Trinajstić information content (AvgIpc) is 2.27. The Hall–Kier alpha value is -1.76. The first-order valence-corrected chi connectivity index (χ1v) is 5.89. The molecule has 0 atom stereocenters. The topological polar surface area (TPSA) is 65.9 Å². The van der Waals surface area contributed by atoms with Gasteiger partial charge in [-0.2, -0.15) is 5.26 Å². The number of nitrogens with two attached hydrogens (primary N) is 1. The van der Waals surface area contributed by atoms with Crippen LogP contribution in [-0.2, 0) is 0 Å². The van der Waals surface area contributed by atoms with Crippen molar-refractivity contribution in [3.8, 4) is 6.07 Å². The van der Waals surface area contributed by atoms with Crippen molar-refractivity contribution < 1.29 is 0 Å². The molecule has 0 bridgehead atoms. The monoisotopic (exact) mass is 232 g/mol. The van der Waals surface area contributed by atoms with Crippen LogP contribution in [0.15, 0.2) is 12.1 Å². The van der Waals surface area contributed by atoms with Crippen molar-refractivity contribution in [2.75, 3.05) is 23.7 Å². The third-order valence-corrected chi connectivity index (χ3v) is 2.52. The molecule has 0 aliphatic carbocycles. The van der Waals surface area contributed by atoms with Gasteiger partial charge in [0.05, 0.1) is 23.9 Å². The number of hydrogen-bond donors (Lipinski definition) is 1. The quantitative estimate of drug-likeness (QED) is 0.846. The van der Waals surface area contributed by atoms with Crippen LogP contribution in [0.5, 0.6) is 0 Å². The highest BCUT2D eigenvalue weighted by Gasteiger charge is 2.10. The van der Waals surface area contributed by atoms with Gasteiger partial charge in [-0.25, -0.2) is 4.98 Å². The molecule has 0 saturated heterocycles. The Kier molecular flexibility index (Phi) is 4.77. The smallest absolute Gasteiger partial charge is 0.128 e. The maximum absolute atomic E-state index is 8.68. The minimum Gasteiger partial charge on any atom is -0.397 e. The molecule has 17 heavy (non-hydrogen) atoms. The second kappa shape index (κ2) is 6.09. The minimum atomic E-state index is 0.512. The summed E-state index contributed by atoms with van der Waals surface area (Å²) < 4.78 is 0. The molecule has 0 saturated carbocycles. The zero-order valence-electron chi connectivity index (χ0n) is 10.8. The largest absolute Gasteiger partial charge is 0.397 e. The molecular weight excluding hydrogens is 212 g/mol. The first-order valence-electron chi connectivity index (χ1n) is 5.89. The Morgan fingerprint density at radius 1 is 1.47 bits per heavy atom. The predicted molar refractivity (Wildman–Crippen MR) is 70.7 cm³/mol. The predicted octanol–water partition coefficient (Wildman–Crippen LogP) is 2.35. The van der Waals surface area contributed by atoms with E-state index in [0.29, 0.717) is 24.6 Å². The maximum Gasteiger partial charge on any atom is 0.128 e. The average molecular weight is 232 g/mol. The minimum absolute atomic E-state index is 0.512. The van der Waals surface area contributed by atoms with Crippen LogP contribution < -0.4 is 10.6 Å². The highest BCUT2D eigenvalue weighted by atomic mass is 15.2. The Morgan fingerprint density at radius 2 is 2.18 bits per heavy atom.